The Kier molecular flexibility index (Phi) is 20.8. The molecule has 2 aromatic rings. The van der Waals surface area contributed by atoms with E-state index in [4.69, 9.17) is 9.47 Å². The van der Waals surface area contributed by atoms with Crippen molar-refractivity contribution in [3.8, 4) is 11.5 Å². The van der Waals surface area contributed by atoms with Gasteiger partial charge >= 0.3 is 0 Å². The zero-order valence-electron chi connectivity index (χ0n) is 25.3. The van der Waals surface area contributed by atoms with Crippen LogP contribution >= 0.6 is 24.8 Å². The molecule has 6 nitrogen and oxygen atoms in total. The van der Waals surface area contributed by atoms with Gasteiger partial charge in [-0.1, -0.05) is 77.0 Å². The minimum atomic E-state index is -0.513. The van der Waals surface area contributed by atoms with E-state index in [1.165, 1.54) is 76.7 Å². The van der Waals surface area contributed by atoms with Crippen LogP contribution in [-0.2, 0) is 0 Å². The maximum atomic E-state index is 9.95. The zero-order chi connectivity index (χ0) is 27.5. The van der Waals surface area contributed by atoms with Gasteiger partial charge in [-0.3, -0.25) is 4.90 Å². The summed E-state index contributed by atoms with van der Waals surface area (Å²) in [6.07, 6.45) is 11.3. The molecule has 2 N–H and O–H groups in total. The average molecular weight is 613 g/mol. The predicted molar refractivity (Wildman–Crippen MR) is 178 cm³/mol. The summed E-state index contributed by atoms with van der Waals surface area (Å²) in [5, 5.41) is 13.2. The van der Waals surface area contributed by atoms with Crippen LogP contribution in [-0.4, -0.2) is 74.6 Å². The molecular formula is C33H55Cl2N3O3. The second-order valence-corrected chi connectivity index (χ2v) is 11.2. The lowest BCUT2D eigenvalue weighted by atomic mass is 10.1. The molecule has 1 heterocycles. The van der Waals surface area contributed by atoms with Gasteiger partial charge in [0.1, 0.15) is 24.2 Å². The summed E-state index contributed by atoms with van der Waals surface area (Å²) in [4.78, 5) is 5.15. The fourth-order valence-corrected chi connectivity index (χ4v) is 4.99. The standard InChI is InChI=1S/C33H53N3O3.2ClH/c1-29(2)34-27-31(37)28-39-33-19-17-32(18-20-33)38-26-14-9-7-5-3-4-6-8-13-21-35-22-24-36(25-23-35)30-15-11-10-12-16-30;;/h10-12,15-20,29,31,34,37H,3-9,13-14,21-28H2,1-2H3;2*1H/t31-;;/m0../s1. The van der Waals surface area contributed by atoms with Gasteiger partial charge in [-0.15, -0.1) is 24.8 Å². The van der Waals surface area contributed by atoms with Crippen molar-refractivity contribution < 1.29 is 14.6 Å². The first-order valence-electron chi connectivity index (χ1n) is 15.4. The first-order chi connectivity index (χ1) is 19.1. The maximum absolute atomic E-state index is 9.95. The molecule has 1 aliphatic heterocycles. The molecule has 1 fully saturated rings. The molecular weight excluding hydrogens is 557 g/mol. The number of anilines is 1. The minimum absolute atomic E-state index is 0. The minimum Gasteiger partial charge on any atom is -0.494 e. The summed E-state index contributed by atoms with van der Waals surface area (Å²) in [5.41, 5.74) is 1.37. The molecule has 1 saturated heterocycles. The first-order valence-corrected chi connectivity index (χ1v) is 15.4. The Morgan fingerprint density at radius 1 is 0.707 bits per heavy atom. The Bertz CT molecular complexity index is 866. The van der Waals surface area contributed by atoms with Crippen LogP contribution in [0.4, 0.5) is 5.69 Å². The molecule has 0 spiro atoms. The highest BCUT2D eigenvalue weighted by Crippen LogP contribution is 2.19. The monoisotopic (exact) mass is 611 g/mol. The number of aliphatic hydroxyl groups excluding tert-OH is 1. The van der Waals surface area contributed by atoms with E-state index in [1.54, 1.807) is 0 Å². The van der Waals surface area contributed by atoms with E-state index >= 15 is 0 Å². The van der Waals surface area contributed by atoms with Crippen LogP contribution in [0.15, 0.2) is 54.6 Å². The zero-order valence-corrected chi connectivity index (χ0v) is 27.0. The molecule has 0 radical (unpaired) electrons. The van der Waals surface area contributed by atoms with E-state index in [-0.39, 0.29) is 31.4 Å². The highest BCUT2D eigenvalue weighted by molar-refractivity contribution is 5.85. The highest BCUT2D eigenvalue weighted by Gasteiger charge is 2.16. The summed E-state index contributed by atoms with van der Waals surface area (Å²) in [6.45, 7) is 11.7. The number of para-hydroxylation sites is 1. The fourth-order valence-electron chi connectivity index (χ4n) is 4.99. The van der Waals surface area contributed by atoms with Gasteiger partial charge in [-0.25, -0.2) is 0 Å². The number of ether oxygens (including phenoxy) is 2. The lowest BCUT2D eigenvalue weighted by Crippen LogP contribution is -2.46. The van der Waals surface area contributed by atoms with Gasteiger partial charge < -0.3 is 24.8 Å². The summed E-state index contributed by atoms with van der Waals surface area (Å²) < 4.78 is 11.5. The average Bonchev–Trinajstić information content (AvgIpc) is 2.97. The third-order valence-electron chi connectivity index (χ3n) is 7.41. The first kappa shape index (κ1) is 37.3. The number of hydrogen-bond acceptors (Lipinski definition) is 6. The summed E-state index contributed by atoms with van der Waals surface area (Å²) >= 11 is 0. The molecule has 1 aliphatic rings. The maximum Gasteiger partial charge on any atom is 0.119 e. The SMILES string of the molecule is CC(C)NC[C@H](O)COc1ccc(OCCCCCCCCCCCN2CCN(c3ccccc3)CC2)cc1.Cl.Cl. The molecule has 0 amide bonds. The van der Waals surface area contributed by atoms with E-state index < -0.39 is 6.10 Å². The molecule has 0 saturated carbocycles. The summed E-state index contributed by atoms with van der Waals surface area (Å²) in [6, 6.07) is 18.9. The van der Waals surface area contributed by atoms with Crippen molar-refractivity contribution in [3.05, 3.63) is 54.6 Å². The van der Waals surface area contributed by atoms with E-state index in [0.717, 1.165) is 37.6 Å². The number of nitrogens with zero attached hydrogens (tertiary/aromatic N) is 2. The van der Waals surface area contributed by atoms with Gasteiger partial charge in [-0.05, 0) is 55.8 Å². The normalized spacial score (nSPS) is 14.3. The quantitative estimate of drug-likeness (QED) is 0.158. The Labute approximate surface area is 262 Å². The second-order valence-electron chi connectivity index (χ2n) is 11.2. The van der Waals surface area contributed by atoms with Crippen molar-refractivity contribution in [2.24, 2.45) is 0 Å². The molecule has 0 aromatic heterocycles. The molecule has 3 rings (SSSR count). The smallest absolute Gasteiger partial charge is 0.119 e. The molecule has 41 heavy (non-hydrogen) atoms. The van der Waals surface area contributed by atoms with E-state index in [2.05, 4.69) is 59.3 Å². The van der Waals surface area contributed by atoms with Crippen LogP contribution in [0.2, 0.25) is 0 Å². The Balaban J connectivity index is 0.00000420. The highest BCUT2D eigenvalue weighted by atomic mass is 35.5. The van der Waals surface area contributed by atoms with Gasteiger partial charge in [-0.2, -0.15) is 0 Å². The van der Waals surface area contributed by atoms with Gasteiger partial charge in [0.15, 0.2) is 0 Å². The topological polar surface area (TPSA) is 57.2 Å². The van der Waals surface area contributed by atoms with Gasteiger partial charge in [0, 0.05) is 44.5 Å². The number of piperazine rings is 1. The van der Waals surface area contributed by atoms with Crippen molar-refractivity contribution in [2.45, 2.75) is 83.8 Å². The number of halogens is 2. The lowest BCUT2D eigenvalue weighted by Gasteiger charge is -2.36. The van der Waals surface area contributed by atoms with Gasteiger partial charge in [0.25, 0.3) is 0 Å². The number of rotatable bonds is 20. The summed E-state index contributed by atoms with van der Waals surface area (Å²) in [7, 11) is 0. The van der Waals surface area contributed by atoms with E-state index in [1.807, 2.05) is 24.3 Å². The van der Waals surface area contributed by atoms with Crippen molar-refractivity contribution in [1.29, 1.82) is 0 Å². The third-order valence-corrected chi connectivity index (χ3v) is 7.41. The second kappa shape index (κ2) is 22.8. The molecule has 234 valence electrons. The number of aliphatic hydroxyl groups is 1. The molecule has 8 heteroatoms. The van der Waals surface area contributed by atoms with Crippen LogP contribution in [0, 0.1) is 0 Å². The van der Waals surface area contributed by atoms with Crippen LogP contribution in [0.3, 0.4) is 0 Å². The molecule has 0 aliphatic carbocycles. The predicted octanol–water partition coefficient (Wildman–Crippen LogP) is 6.98. The van der Waals surface area contributed by atoms with Gasteiger partial charge in [0.2, 0.25) is 0 Å². The Morgan fingerprint density at radius 3 is 1.83 bits per heavy atom. The lowest BCUT2D eigenvalue weighted by molar-refractivity contribution is 0.104. The van der Waals surface area contributed by atoms with E-state index in [9.17, 15) is 5.11 Å². The van der Waals surface area contributed by atoms with Crippen LogP contribution in [0.25, 0.3) is 0 Å². The number of unbranched alkanes of at least 4 members (excludes halogenated alkanes) is 8. The van der Waals surface area contributed by atoms with Gasteiger partial charge in [0.05, 0.1) is 6.61 Å². The van der Waals surface area contributed by atoms with Crippen molar-refractivity contribution >= 4 is 30.5 Å². The largest absolute Gasteiger partial charge is 0.494 e. The fraction of sp³-hybridized carbons (Fsp3) is 0.636. The summed E-state index contributed by atoms with van der Waals surface area (Å²) in [5.74, 6) is 1.63. The molecule has 0 bridgehead atoms. The van der Waals surface area contributed by atoms with Crippen LogP contribution < -0.4 is 19.7 Å². The Morgan fingerprint density at radius 2 is 1.24 bits per heavy atom. The van der Waals surface area contributed by atoms with Crippen LogP contribution in [0.1, 0.15) is 71.6 Å². The third kappa shape index (κ3) is 16.5. The molecule has 2 aromatic carbocycles. The van der Waals surface area contributed by atoms with Crippen LogP contribution in [0.5, 0.6) is 11.5 Å². The van der Waals surface area contributed by atoms with Crippen molar-refractivity contribution in [2.75, 3.05) is 57.4 Å². The molecule has 0 unspecified atom stereocenters. The Hall–Kier alpha value is -1.70. The van der Waals surface area contributed by atoms with Crippen molar-refractivity contribution in [1.82, 2.24) is 10.2 Å². The number of benzene rings is 2. The van der Waals surface area contributed by atoms with Crippen molar-refractivity contribution in [3.63, 3.8) is 0 Å². The molecule has 1 atom stereocenters. The number of hydrogen-bond donors (Lipinski definition) is 2. The number of nitrogens with one attached hydrogen (secondary N) is 1. The van der Waals surface area contributed by atoms with E-state index in [0.29, 0.717) is 12.6 Å².